The van der Waals surface area contributed by atoms with Crippen molar-refractivity contribution in [1.82, 2.24) is 14.7 Å². The first-order valence-corrected chi connectivity index (χ1v) is 14.1. The fraction of sp³-hybridized carbons (Fsp3) is 0.344. The van der Waals surface area contributed by atoms with Crippen molar-refractivity contribution in [3.63, 3.8) is 0 Å². The maximum absolute atomic E-state index is 14.2. The number of hydrogen-bond donors (Lipinski definition) is 0. The van der Waals surface area contributed by atoms with Crippen LogP contribution in [-0.4, -0.2) is 85.5 Å². The number of unbranched alkanes of at least 4 members (excludes halogenated alkanes) is 1. The summed E-state index contributed by atoms with van der Waals surface area (Å²) in [7, 11) is 1.25. The normalized spacial score (nSPS) is 17.8. The van der Waals surface area contributed by atoms with E-state index in [4.69, 9.17) is 4.74 Å². The van der Waals surface area contributed by atoms with Gasteiger partial charge in [0.05, 0.1) is 7.11 Å². The van der Waals surface area contributed by atoms with Gasteiger partial charge in [0.1, 0.15) is 12.4 Å². The number of urea groups is 1. The number of piperazine rings is 1. The lowest BCUT2D eigenvalue weighted by Crippen LogP contribution is -2.48. The van der Waals surface area contributed by atoms with E-state index in [-0.39, 0.29) is 5.82 Å². The number of carbonyl (C=O) groups excluding carboxylic acids is 3. The van der Waals surface area contributed by atoms with Crippen molar-refractivity contribution in [3.05, 3.63) is 89.7 Å². The molecule has 6 rings (SSSR count). The van der Waals surface area contributed by atoms with Crippen molar-refractivity contribution in [3.8, 4) is 11.1 Å². The SMILES string of the molecule is COC(=O)CN1C(=O)N(CCCCN2CCN(c3ccc(F)cc3)CC2)C2(C1=O)c1ccccc1-c1ccccc12. The van der Waals surface area contributed by atoms with Crippen LogP contribution in [0.4, 0.5) is 14.9 Å². The van der Waals surface area contributed by atoms with Crippen molar-refractivity contribution >= 4 is 23.6 Å². The van der Waals surface area contributed by atoms with Crippen LogP contribution in [0.25, 0.3) is 11.1 Å². The van der Waals surface area contributed by atoms with Crippen LogP contribution < -0.4 is 4.90 Å². The second kappa shape index (κ2) is 11.0. The second-order valence-electron chi connectivity index (χ2n) is 10.7. The molecule has 41 heavy (non-hydrogen) atoms. The third-order valence-electron chi connectivity index (χ3n) is 8.53. The molecule has 1 aliphatic carbocycles. The number of amides is 3. The van der Waals surface area contributed by atoms with Crippen LogP contribution in [0.5, 0.6) is 0 Å². The van der Waals surface area contributed by atoms with Gasteiger partial charge in [0.2, 0.25) is 0 Å². The van der Waals surface area contributed by atoms with Gasteiger partial charge in [0, 0.05) is 38.4 Å². The molecule has 0 atom stereocenters. The van der Waals surface area contributed by atoms with Gasteiger partial charge < -0.3 is 14.5 Å². The summed E-state index contributed by atoms with van der Waals surface area (Å²) in [6, 6.07) is 21.6. The Morgan fingerprint density at radius 2 is 1.41 bits per heavy atom. The minimum absolute atomic E-state index is 0.231. The number of fused-ring (bicyclic) bond motifs is 5. The molecule has 3 aromatic rings. The second-order valence-corrected chi connectivity index (χ2v) is 10.7. The van der Waals surface area contributed by atoms with Gasteiger partial charge in [0.15, 0.2) is 5.54 Å². The molecule has 0 saturated carbocycles. The van der Waals surface area contributed by atoms with Gasteiger partial charge >= 0.3 is 12.0 Å². The molecular weight excluding hydrogens is 523 g/mol. The van der Waals surface area contributed by atoms with Crippen LogP contribution in [0, 0.1) is 5.82 Å². The Kier molecular flexibility index (Phi) is 7.21. The molecule has 0 aromatic heterocycles. The summed E-state index contributed by atoms with van der Waals surface area (Å²) in [4.78, 5) is 47.6. The van der Waals surface area contributed by atoms with E-state index >= 15 is 0 Å². The topological polar surface area (TPSA) is 73.4 Å². The summed E-state index contributed by atoms with van der Waals surface area (Å²) in [6.07, 6.45) is 1.56. The Balaban J connectivity index is 1.18. The van der Waals surface area contributed by atoms with Gasteiger partial charge in [0.25, 0.3) is 5.91 Å². The minimum Gasteiger partial charge on any atom is -0.468 e. The van der Waals surface area contributed by atoms with E-state index in [2.05, 4.69) is 9.80 Å². The maximum atomic E-state index is 14.2. The Labute approximate surface area is 238 Å². The van der Waals surface area contributed by atoms with Crippen LogP contribution in [-0.2, 0) is 19.9 Å². The minimum atomic E-state index is -1.31. The van der Waals surface area contributed by atoms with Crippen molar-refractivity contribution in [2.75, 3.05) is 57.8 Å². The number of ether oxygens (including phenoxy) is 1. The number of anilines is 1. The first-order chi connectivity index (χ1) is 19.9. The molecule has 1 spiro atoms. The van der Waals surface area contributed by atoms with E-state index in [1.54, 1.807) is 4.90 Å². The first-order valence-electron chi connectivity index (χ1n) is 14.1. The number of carbonyl (C=O) groups is 3. The number of hydrogen-bond acceptors (Lipinski definition) is 6. The lowest BCUT2D eigenvalue weighted by atomic mass is 9.85. The fourth-order valence-corrected chi connectivity index (χ4v) is 6.50. The van der Waals surface area contributed by atoms with Crippen molar-refractivity contribution in [2.45, 2.75) is 18.4 Å². The highest BCUT2D eigenvalue weighted by Gasteiger charge is 2.63. The molecule has 0 unspecified atom stereocenters. The predicted molar refractivity (Wildman–Crippen MR) is 153 cm³/mol. The van der Waals surface area contributed by atoms with Crippen LogP contribution in [0.2, 0.25) is 0 Å². The summed E-state index contributed by atoms with van der Waals surface area (Å²) in [5.41, 5.74) is 3.11. The summed E-state index contributed by atoms with van der Waals surface area (Å²) in [5, 5.41) is 0. The highest BCUT2D eigenvalue weighted by molar-refractivity contribution is 6.14. The van der Waals surface area contributed by atoms with E-state index in [9.17, 15) is 18.8 Å². The molecule has 2 saturated heterocycles. The average Bonchev–Trinajstić information content (AvgIpc) is 3.41. The van der Waals surface area contributed by atoms with Gasteiger partial charge in [-0.25, -0.2) is 9.18 Å². The summed E-state index contributed by atoms with van der Waals surface area (Å²) < 4.78 is 18.1. The Morgan fingerprint density at radius 1 is 0.829 bits per heavy atom. The van der Waals surface area contributed by atoms with Gasteiger partial charge in [-0.15, -0.1) is 0 Å². The van der Waals surface area contributed by atoms with Crippen LogP contribution in [0.1, 0.15) is 24.0 Å². The smallest absolute Gasteiger partial charge is 0.328 e. The molecule has 2 fully saturated rings. The maximum Gasteiger partial charge on any atom is 0.328 e. The highest BCUT2D eigenvalue weighted by Crippen LogP contribution is 2.54. The van der Waals surface area contributed by atoms with E-state index in [1.807, 2.05) is 60.7 Å². The summed E-state index contributed by atoms with van der Waals surface area (Å²) in [6.45, 7) is 4.36. The number of methoxy groups -OCH3 is 1. The zero-order chi connectivity index (χ0) is 28.6. The van der Waals surface area contributed by atoms with Crippen LogP contribution in [0.3, 0.4) is 0 Å². The molecule has 2 heterocycles. The van der Waals surface area contributed by atoms with E-state index < -0.39 is 30.0 Å². The number of benzene rings is 3. The lowest BCUT2D eigenvalue weighted by molar-refractivity contribution is -0.145. The number of rotatable bonds is 8. The number of nitrogens with zero attached hydrogens (tertiary/aromatic N) is 4. The van der Waals surface area contributed by atoms with Crippen molar-refractivity contribution < 1.29 is 23.5 Å². The molecule has 8 nitrogen and oxygen atoms in total. The molecule has 0 bridgehead atoms. The first kappa shape index (κ1) is 27.0. The standard InChI is InChI=1S/C32H33FN4O4/c1-41-29(38)22-36-30(39)32(27-10-4-2-8-25(27)26-9-3-5-11-28(26)32)37(31(36)40)17-7-6-16-34-18-20-35(21-19-34)24-14-12-23(33)13-15-24/h2-5,8-15H,6-7,16-22H2,1H3. The van der Waals surface area contributed by atoms with Crippen molar-refractivity contribution in [1.29, 1.82) is 0 Å². The molecule has 3 aromatic carbocycles. The Hall–Kier alpha value is -4.24. The van der Waals surface area contributed by atoms with Gasteiger partial charge in [-0.05, 0) is 65.9 Å². The molecule has 2 aliphatic heterocycles. The Bertz CT molecular complexity index is 1420. The molecule has 0 N–H and O–H groups in total. The molecule has 3 aliphatic rings. The molecule has 3 amide bonds. The molecule has 0 radical (unpaired) electrons. The predicted octanol–water partition coefficient (Wildman–Crippen LogP) is 4.09. The number of esters is 1. The van der Waals surface area contributed by atoms with Crippen LogP contribution in [0.15, 0.2) is 72.8 Å². The zero-order valence-electron chi connectivity index (χ0n) is 23.1. The van der Waals surface area contributed by atoms with Gasteiger partial charge in [-0.2, -0.15) is 0 Å². The molecule has 212 valence electrons. The van der Waals surface area contributed by atoms with E-state index in [0.717, 1.165) is 72.0 Å². The van der Waals surface area contributed by atoms with E-state index in [1.165, 1.54) is 19.2 Å². The monoisotopic (exact) mass is 556 g/mol. The summed E-state index contributed by atoms with van der Waals surface area (Å²) >= 11 is 0. The third kappa shape index (κ3) is 4.54. The fourth-order valence-electron chi connectivity index (χ4n) is 6.50. The quantitative estimate of drug-likeness (QED) is 0.237. The van der Waals surface area contributed by atoms with Gasteiger partial charge in [-0.1, -0.05) is 48.5 Å². The molecule has 9 heteroatoms. The highest BCUT2D eigenvalue weighted by atomic mass is 19.1. The summed E-state index contributed by atoms with van der Waals surface area (Å²) in [5.74, 6) is -1.28. The number of imide groups is 1. The Morgan fingerprint density at radius 3 is 2.02 bits per heavy atom. The average molecular weight is 557 g/mol. The largest absolute Gasteiger partial charge is 0.468 e. The van der Waals surface area contributed by atoms with Gasteiger partial charge in [-0.3, -0.25) is 19.4 Å². The lowest BCUT2D eigenvalue weighted by Gasteiger charge is -2.36. The molecular formula is C32H33FN4O4. The van der Waals surface area contributed by atoms with Crippen molar-refractivity contribution in [2.24, 2.45) is 0 Å². The number of halogens is 1. The zero-order valence-corrected chi connectivity index (χ0v) is 23.1. The van der Waals surface area contributed by atoms with E-state index in [0.29, 0.717) is 13.0 Å². The van der Waals surface area contributed by atoms with Crippen LogP contribution >= 0.6 is 0 Å². The third-order valence-corrected chi connectivity index (χ3v) is 8.53.